The largest absolute Gasteiger partial charge is 0.489 e. The molecule has 0 saturated heterocycles. The predicted octanol–water partition coefficient (Wildman–Crippen LogP) is 1.54. The van der Waals surface area contributed by atoms with Crippen molar-refractivity contribution in [2.24, 2.45) is 0 Å². The third kappa shape index (κ3) is 1.66. The molecule has 86 valence electrons. The van der Waals surface area contributed by atoms with E-state index in [2.05, 4.69) is 6.58 Å². The molecule has 1 aliphatic rings. The van der Waals surface area contributed by atoms with Crippen LogP contribution >= 0.6 is 0 Å². The zero-order chi connectivity index (χ0) is 12.5. The molecule has 0 aromatic carbocycles. The monoisotopic (exact) mass is 222 g/mol. The molecule has 1 aliphatic carbocycles. The summed E-state index contributed by atoms with van der Waals surface area (Å²) in [6.07, 6.45) is 0. The maximum absolute atomic E-state index is 12.0. The Morgan fingerprint density at radius 2 is 1.50 bits per heavy atom. The Hall–Kier alpha value is -1.84. The first-order valence-corrected chi connectivity index (χ1v) is 4.74. The van der Waals surface area contributed by atoms with Crippen LogP contribution in [0.4, 0.5) is 0 Å². The van der Waals surface area contributed by atoms with Crippen molar-refractivity contribution in [1.29, 1.82) is 0 Å². The Bertz CT molecular complexity index is 434. The van der Waals surface area contributed by atoms with Gasteiger partial charge in [0.2, 0.25) is 23.1 Å². The van der Waals surface area contributed by atoms with E-state index in [4.69, 9.17) is 9.47 Å². The van der Waals surface area contributed by atoms with Crippen LogP contribution in [0.25, 0.3) is 0 Å². The van der Waals surface area contributed by atoms with Crippen molar-refractivity contribution in [1.82, 2.24) is 0 Å². The van der Waals surface area contributed by atoms with Gasteiger partial charge in [-0.1, -0.05) is 6.58 Å². The summed E-state index contributed by atoms with van der Waals surface area (Å²) in [7, 11) is 2.66. The highest BCUT2D eigenvalue weighted by molar-refractivity contribution is 6.25. The summed E-state index contributed by atoms with van der Waals surface area (Å²) >= 11 is 0. The van der Waals surface area contributed by atoms with Crippen molar-refractivity contribution < 1.29 is 19.1 Å². The number of methoxy groups -OCH3 is 2. The third-order valence-electron chi connectivity index (χ3n) is 2.40. The minimum atomic E-state index is -0.357. The molecular weight excluding hydrogens is 208 g/mol. The molecule has 4 nitrogen and oxygen atoms in total. The lowest BCUT2D eigenvalue weighted by Gasteiger charge is -2.20. The summed E-state index contributed by atoms with van der Waals surface area (Å²) < 4.78 is 9.81. The molecule has 0 radical (unpaired) electrons. The first-order chi connectivity index (χ1) is 7.45. The molecule has 1 rings (SSSR count). The molecule has 0 N–H and O–H groups in total. The van der Waals surface area contributed by atoms with E-state index in [-0.39, 0.29) is 23.1 Å². The summed E-state index contributed by atoms with van der Waals surface area (Å²) in [5, 5.41) is 0. The molecule has 0 spiro atoms. The molecule has 0 fully saturated rings. The summed E-state index contributed by atoms with van der Waals surface area (Å²) in [6, 6.07) is 0. The van der Waals surface area contributed by atoms with Crippen LogP contribution in [0, 0.1) is 0 Å². The van der Waals surface area contributed by atoms with Crippen LogP contribution in [0.15, 0.2) is 34.8 Å². The Morgan fingerprint density at radius 1 is 1.06 bits per heavy atom. The summed E-state index contributed by atoms with van der Waals surface area (Å²) in [4.78, 5) is 23.9. The molecule has 0 unspecified atom stereocenters. The molecule has 4 heteroatoms. The van der Waals surface area contributed by atoms with E-state index in [0.717, 1.165) is 0 Å². The van der Waals surface area contributed by atoms with E-state index < -0.39 is 0 Å². The van der Waals surface area contributed by atoms with Crippen LogP contribution in [0.3, 0.4) is 0 Å². The predicted molar refractivity (Wildman–Crippen MR) is 58.6 cm³/mol. The van der Waals surface area contributed by atoms with Crippen LogP contribution in [0.2, 0.25) is 0 Å². The Balaban J connectivity index is 3.42. The topological polar surface area (TPSA) is 52.6 Å². The first-order valence-electron chi connectivity index (χ1n) is 4.74. The van der Waals surface area contributed by atoms with E-state index >= 15 is 0 Å². The van der Waals surface area contributed by atoms with Crippen molar-refractivity contribution in [3.63, 3.8) is 0 Å². The fraction of sp³-hybridized carbons (Fsp3) is 0.333. The van der Waals surface area contributed by atoms with Gasteiger partial charge in [-0.05, 0) is 19.4 Å². The molecule has 0 aromatic rings. The van der Waals surface area contributed by atoms with E-state index in [0.29, 0.717) is 16.7 Å². The van der Waals surface area contributed by atoms with Gasteiger partial charge in [-0.2, -0.15) is 0 Å². The van der Waals surface area contributed by atoms with Crippen molar-refractivity contribution in [3.05, 3.63) is 34.8 Å². The van der Waals surface area contributed by atoms with E-state index in [1.54, 1.807) is 13.8 Å². The Labute approximate surface area is 94.2 Å². The molecule has 0 amide bonds. The normalized spacial score (nSPS) is 16.8. The zero-order valence-electron chi connectivity index (χ0n) is 9.84. The Morgan fingerprint density at radius 3 is 1.88 bits per heavy atom. The standard InChI is InChI=1S/C12H14O4/c1-6(2)8-7(3)9(13)11(15-4)12(16-5)10(8)14/h1H2,2-5H3. The number of hydrogen-bond donors (Lipinski definition) is 0. The maximum atomic E-state index is 12.0. The third-order valence-corrected chi connectivity index (χ3v) is 2.40. The molecule has 0 saturated carbocycles. The van der Waals surface area contributed by atoms with E-state index in [1.807, 2.05) is 0 Å². The Kier molecular flexibility index (Phi) is 3.32. The molecule has 16 heavy (non-hydrogen) atoms. The lowest BCUT2D eigenvalue weighted by atomic mass is 9.89. The van der Waals surface area contributed by atoms with Crippen LogP contribution in [0.5, 0.6) is 0 Å². The molecule has 0 aromatic heterocycles. The second-order valence-electron chi connectivity index (χ2n) is 3.51. The molecule has 0 aliphatic heterocycles. The summed E-state index contributed by atoms with van der Waals surface area (Å²) in [6.45, 7) is 6.94. The highest BCUT2D eigenvalue weighted by Gasteiger charge is 2.34. The van der Waals surface area contributed by atoms with Crippen molar-refractivity contribution in [2.45, 2.75) is 13.8 Å². The van der Waals surface area contributed by atoms with E-state index in [9.17, 15) is 9.59 Å². The van der Waals surface area contributed by atoms with Gasteiger partial charge < -0.3 is 9.47 Å². The van der Waals surface area contributed by atoms with Crippen LogP contribution in [-0.2, 0) is 19.1 Å². The van der Waals surface area contributed by atoms with Crippen LogP contribution in [-0.4, -0.2) is 25.8 Å². The van der Waals surface area contributed by atoms with Gasteiger partial charge in [-0.25, -0.2) is 0 Å². The number of carbonyl (C=O) groups excluding carboxylic acids is 2. The van der Waals surface area contributed by atoms with Crippen molar-refractivity contribution in [3.8, 4) is 0 Å². The summed E-state index contributed by atoms with van der Waals surface area (Å²) in [5.41, 5.74) is 1.19. The van der Waals surface area contributed by atoms with Gasteiger partial charge in [0.05, 0.1) is 14.2 Å². The van der Waals surface area contributed by atoms with Gasteiger partial charge in [0.1, 0.15) is 0 Å². The lowest BCUT2D eigenvalue weighted by Crippen LogP contribution is -2.25. The average molecular weight is 222 g/mol. The SMILES string of the molecule is C=C(C)C1=C(C)C(=O)C(OC)=C(OC)C1=O. The molecular formula is C12H14O4. The molecule has 0 atom stereocenters. The fourth-order valence-electron chi connectivity index (χ4n) is 1.66. The van der Waals surface area contributed by atoms with E-state index in [1.165, 1.54) is 14.2 Å². The number of ketones is 2. The van der Waals surface area contributed by atoms with Crippen molar-refractivity contribution in [2.75, 3.05) is 14.2 Å². The second-order valence-corrected chi connectivity index (χ2v) is 3.51. The van der Waals surface area contributed by atoms with Gasteiger partial charge in [0, 0.05) is 11.1 Å². The first kappa shape index (κ1) is 12.2. The van der Waals surface area contributed by atoms with Crippen molar-refractivity contribution >= 4 is 11.6 Å². The fourth-order valence-corrected chi connectivity index (χ4v) is 1.66. The number of hydrogen-bond acceptors (Lipinski definition) is 4. The van der Waals surface area contributed by atoms with Gasteiger partial charge in [0.25, 0.3) is 0 Å². The number of ether oxygens (including phenoxy) is 2. The number of carbonyl (C=O) groups is 2. The number of Topliss-reactive ketones (excluding diaryl/α,β-unsaturated/α-hetero) is 2. The van der Waals surface area contributed by atoms with Crippen LogP contribution < -0.4 is 0 Å². The highest BCUT2D eigenvalue weighted by atomic mass is 16.5. The second kappa shape index (κ2) is 4.35. The minimum absolute atomic E-state index is 0.0463. The zero-order valence-corrected chi connectivity index (χ0v) is 9.84. The van der Waals surface area contributed by atoms with Crippen LogP contribution in [0.1, 0.15) is 13.8 Å². The van der Waals surface area contributed by atoms with Gasteiger partial charge in [-0.15, -0.1) is 0 Å². The lowest BCUT2D eigenvalue weighted by molar-refractivity contribution is -0.120. The van der Waals surface area contributed by atoms with Gasteiger partial charge in [0.15, 0.2) is 0 Å². The summed E-state index contributed by atoms with van der Waals surface area (Å²) in [5.74, 6) is -0.799. The molecule has 0 heterocycles. The quantitative estimate of drug-likeness (QED) is 0.679. The molecule has 0 bridgehead atoms. The minimum Gasteiger partial charge on any atom is -0.489 e. The average Bonchev–Trinajstić information content (AvgIpc) is 2.22. The van der Waals surface area contributed by atoms with Gasteiger partial charge >= 0.3 is 0 Å². The highest BCUT2D eigenvalue weighted by Crippen LogP contribution is 2.28. The van der Waals surface area contributed by atoms with Gasteiger partial charge in [-0.3, -0.25) is 9.59 Å². The smallest absolute Gasteiger partial charge is 0.232 e. The number of allylic oxidation sites excluding steroid dienone is 3. The maximum Gasteiger partial charge on any atom is 0.232 e. The number of rotatable bonds is 3.